The second-order valence-corrected chi connectivity index (χ2v) is 5.70. The fourth-order valence-electron chi connectivity index (χ4n) is 1.87. The van der Waals surface area contributed by atoms with Crippen LogP contribution < -0.4 is 5.73 Å². The van der Waals surface area contributed by atoms with Crippen molar-refractivity contribution in [3.63, 3.8) is 0 Å². The summed E-state index contributed by atoms with van der Waals surface area (Å²) in [6.45, 7) is 10.3. The molecule has 0 rings (SSSR count). The second-order valence-electron chi connectivity index (χ2n) is 5.70. The Morgan fingerprint density at radius 3 is 2.41 bits per heavy atom. The van der Waals surface area contributed by atoms with E-state index in [4.69, 9.17) is 10.5 Å². The highest BCUT2D eigenvalue weighted by molar-refractivity contribution is 5.76. The minimum atomic E-state index is -0.0564. The normalized spacial score (nSPS) is 13.5. The van der Waals surface area contributed by atoms with Crippen LogP contribution in [0.2, 0.25) is 0 Å². The lowest BCUT2D eigenvalue weighted by Gasteiger charge is -2.26. The standard InChI is InChI=1S/C13H28N2O2/c1-6-15(7-8-17-5)12(16)9-11(14)10-13(2,3)4/h11H,6-10,14H2,1-5H3. The van der Waals surface area contributed by atoms with Crippen LogP contribution in [0.5, 0.6) is 0 Å². The van der Waals surface area contributed by atoms with E-state index in [1.54, 1.807) is 12.0 Å². The number of nitrogens with two attached hydrogens (primary N) is 1. The molecule has 0 aromatic heterocycles. The molecular weight excluding hydrogens is 216 g/mol. The van der Waals surface area contributed by atoms with E-state index in [0.717, 1.165) is 6.42 Å². The van der Waals surface area contributed by atoms with Gasteiger partial charge in [0, 0.05) is 32.7 Å². The number of nitrogens with zero attached hydrogens (tertiary/aromatic N) is 1. The zero-order valence-corrected chi connectivity index (χ0v) is 12.0. The Labute approximate surface area is 105 Å². The van der Waals surface area contributed by atoms with Gasteiger partial charge in [0.2, 0.25) is 5.91 Å². The van der Waals surface area contributed by atoms with Crippen molar-refractivity contribution in [2.75, 3.05) is 26.8 Å². The lowest BCUT2D eigenvalue weighted by atomic mass is 9.87. The summed E-state index contributed by atoms with van der Waals surface area (Å²) in [5.74, 6) is 0.126. The fourth-order valence-corrected chi connectivity index (χ4v) is 1.87. The van der Waals surface area contributed by atoms with Crippen molar-refractivity contribution in [1.29, 1.82) is 0 Å². The van der Waals surface area contributed by atoms with Gasteiger partial charge in [-0.3, -0.25) is 4.79 Å². The lowest BCUT2D eigenvalue weighted by Crippen LogP contribution is -2.38. The van der Waals surface area contributed by atoms with Crippen LogP contribution >= 0.6 is 0 Å². The Bertz CT molecular complexity index is 224. The van der Waals surface area contributed by atoms with E-state index in [9.17, 15) is 4.79 Å². The smallest absolute Gasteiger partial charge is 0.224 e. The first kappa shape index (κ1) is 16.4. The quantitative estimate of drug-likeness (QED) is 0.740. The van der Waals surface area contributed by atoms with E-state index in [1.807, 2.05) is 6.92 Å². The van der Waals surface area contributed by atoms with Crippen LogP contribution in [0.1, 0.15) is 40.5 Å². The van der Waals surface area contributed by atoms with Gasteiger partial charge in [-0.05, 0) is 18.8 Å². The summed E-state index contributed by atoms with van der Waals surface area (Å²) in [4.78, 5) is 13.8. The van der Waals surface area contributed by atoms with E-state index in [2.05, 4.69) is 20.8 Å². The van der Waals surface area contributed by atoms with Crippen molar-refractivity contribution in [3.8, 4) is 0 Å². The Kier molecular flexibility index (Phi) is 7.39. The molecule has 0 aliphatic carbocycles. The van der Waals surface area contributed by atoms with Crippen molar-refractivity contribution >= 4 is 5.91 Å². The summed E-state index contributed by atoms with van der Waals surface area (Å²) in [6, 6.07) is -0.0564. The van der Waals surface area contributed by atoms with E-state index >= 15 is 0 Å². The topological polar surface area (TPSA) is 55.6 Å². The van der Waals surface area contributed by atoms with Gasteiger partial charge >= 0.3 is 0 Å². The fraction of sp³-hybridized carbons (Fsp3) is 0.923. The third-order valence-electron chi connectivity index (χ3n) is 2.61. The van der Waals surface area contributed by atoms with Crippen LogP contribution in [0.25, 0.3) is 0 Å². The van der Waals surface area contributed by atoms with Gasteiger partial charge < -0.3 is 15.4 Å². The number of likely N-dealkylation sites (N-methyl/N-ethyl adjacent to an activating group) is 1. The zero-order valence-electron chi connectivity index (χ0n) is 12.0. The van der Waals surface area contributed by atoms with Crippen LogP contribution in [0, 0.1) is 5.41 Å². The first-order chi connectivity index (χ1) is 7.80. The van der Waals surface area contributed by atoms with Gasteiger partial charge in [0.15, 0.2) is 0 Å². The van der Waals surface area contributed by atoms with Crippen LogP contribution in [0.15, 0.2) is 0 Å². The van der Waals surface area contributed by atoms with Crippen molar-refractivity contribution in [1.82, 2.24) is 4.90 Å². The van der Waals surface area contributed by atoms with Crippen molar-refractivity contribution < 1.29 is 9.53 Å². The number of amides is 1. The average molecular weight is 244 g/mol. The monoisotopic (exact) mass is 244 g/mol. The maximum absolute atomic E-state index is 12.0. The SMILES string of the molecule is CCN(CCOC)C(=O)CC(N)CC(C)(C)C. The summed E-state index contributed by atoms with van der Waals surface area (Å²) in [5.41, 5.74) is 6.17. The predicted octanol–water partition coefficient (Wildman–Crippen LogP) is 1.63. The molecule has 0 aromatic carbocycles. The molecule has 0 bridgehead atoms. The lowest BCUT2D eigenvalue weighted by molar-refractivity contribution is -0.132. The third-order valence-corrected chi connectivity index (χ3v) is 2.61. The van der Waals surface area contributed by atoms with Gasteiger partial charge in [0.1, 0.15) is 0 Å². The maximum atomic E-state index is 12.0. The van der Waals surface area contributed by atoms with E-state index in [0.29, 0.717) is 26.1 Å². The summed E-state index contributed by atoms with van der Waals surface area (Å²) >= 11 is 0. The number of ether oxygens (including phenoxy) is 1. The van der Waals surface area contributed by atoms with Gasteiger partial charge in [-0.15, -0.1) is 0 Å². The molecule has 0 aliphatic heterocycles. The molecule has 0 spiro atoms. The Morgan fingerprint density at radius 1 is 1.41 bits per heavy atom. The Balaban J connectivity index is 4.12. The molecule has 17 heavy (non-hydrogen) atoms. The summed E-state index contributed by atoms with van der Waals surface area (Å²) in [5, 5.41) is 0. The molecule has 0 saturated carbocycles. The minimum Gasteiger partial charge on any atom is -0.383 e. The van der Waals surface area contributed by atoms with Crippen LogP contribution in [0.3, 0.4) is 0 Å². The number of carbonyl (C=O) groups excluding carboxylic acids is 1. The number of methoxy groups -OCH3 is 1. The summed E-state index contributed by atoms with van der Waals surface area (Å²) in [6.07, 6.45) is 1.29. The Morgan fingerprint density at radius 2 is 2.00 bits per heavy atom. The highest BCUT2D eigenvalue weighted by Crippen LogP contribution is 2.21. The zero-order chi connectivity index (χ0) is 13.5. The first-order valence-corrected chi connectivity index (χ1v) is 6.32. The molecule has 4 nitrogen and oxygen atoms in total. The highest BCUT2D eigenvalue weighted by atomic mass is 16.5. The van der Waals surface area contributed by atoms with Crippen LogP contribution in [0.4, 0.5) is 0 Å². The third kappa shape index (κ3) is 8.16. The van der Waals surface area contributed by atoms with Crippen LogP contribution in [-0.2, 0) is 9.53 Å². The average Bonchev–Trinajstić information content (AvgIpc) is 2.15. The minimum absolute atomic E-state index is 0.0564. The molecule has 0 aromatic rings. The Hall–Kier alpha value is -0.610. The predicted molar refractivity (Wildman–Crippen MR) is 70.8 cm³/mol. The first-order valence-electron chi connectivity index (χ1n) is 6.32. The number of carbonyl (C=O) groups is 1. The molecular formula is C13H28N2O2. The molecule has 102 valence electrons. The van der Waals surface area contributed by atoms with Crippen molar-refractivity contribution in [2.24, 2.45) is 11.1 Å². The number of hydrogen-bond acceptors (Lipinski definition) is 3. The molecule has 0 fully saturated rings. The van der Waals surface area contributed by atoms with Gasteiger partial charge in [-0.1, -0.05) is 20.8 Å². The molecule has 0 radical (unpaired) electrons. The molecule has 0 saturated heterocycles. The van der Waals surface area contributed by atoms with E-state index in [1.165, 1.54) is 0 Å². The molecule has 1 unspecified atom stereocenters. The van der Waals surface area contributed by atoms with Crippen molar-refractivity contribution in [3.05, 3.63) is 0 Å². The molecule has 1 amide bonds. The molecule has 0 heterocycles. The number of hydrogen-bond donors (Lipinski definition) is 1. The van der Waals surface area contributed by atoms with Gasteiger partial charge in [-0.2, -0.15) is 0 Å². The maximum Gasteiger partial charge on any atom is 0.224 e. The number of rotatable bonds is 7. The highest BCUT2D eigenvalue weighted by Gasteiger charge is 2.20. The largest absolute Gasteiger partial charge is 0.383 e. The molecule has 2 N–H and O–H groups in total. The second kappa shape index (κ2) is 7.67. The molecule has 1 atom stereocenters. The van der Waals surface area contributed by atoms with E-state index < -0.39 is 0 Å². The van der Waals surface area contributed by atoms with Gasteiger partial charge in [0.05, 0.1) is 6.61 Å². The molecule has 0 aliphatic rings. The van der Waals surface area contributed by atoms with E-state index in [-0.39, 0.29) is 17.4 Å². The van der Waals surface area contributed by atoms with Crippen LogP contribution in [-0.4, -0.2) is 43.7 Å². The summed E-state index contributed by atoms with van der Waals surface area (Å²) in [7, 11) is 1.64. The van der Waals surface area contributed by atoms with Crippen molar-refractivity contribution in [2.45, 2.75) is 46.6 Å². The van der Waals surface area contributed by atoms with Gasteiger partial charge in [0.25, 0.3) is 0 Å². The molecule has 4 heteroatoms. The summed E-state index contributed by atoms with van der Waals surface area (Å²) < 4.78 is 4.98. The van der Waals surface area contributed by atoms with Gasteiger partial charge in [-0.25, -0.2) is 0 Å².